The van der Waals surface area contributed by atoms with Crippen molar-refractivity contribution >= 4 is 11.8 Å². The van der Waals surface area contributed by atoms with E-state index in [0.29, 0.717) is 56.0 Å². The van der Waals surface area contributed by atoms with Crippen LogP contribution in [0.4, 0.5) is 4.39 Å². The van der Waals surface area contributed by atoms with Gasteiger partial charge in [-0.25, -0.2) is 9.37 Å². The third-order valence-corrected chi connectivity index (χ3v) is 6.07. The first kappa shape index (κ1) is 22.0. The van der Waals surface area contributed by atoms with Crippen molar-refractivity contribution in [2.45, 2.75) is 51.6 Å². The van der Waals surface area contributed by atoms with Crippen molar-refractivity contribution in [1.82, 2.24) is 19.8 Å². The number of likely N-dealkylation sites (tertiary alicyclic amines) is 1. The van der Waals surface area contributed by atoms with Crippen LogP contribution in [0.25, 0.3) is 0 Å². The van der Waals surface area contributed by atoms with Crippen molar-refractivity contribution in [2.24, 2.45) is 0 Å². The highest BCUT2D eigenvalue weighted by Gasteiger charge is 2.32. The first-order chi connectivity index (χ1) is 15.5. The lowest BCUT2D eigenvalue weighted by molar-refractivity contribution is -0.137. The summed E-state index contributed by atoms with van der Waals surface area (Å²) in [5.74, 6) is -0.337. The Morgan fingerprint density at radius 3 is 2.81 bits per heavy atom. The van der Waals surface area contributed by atoms with Crippen molar-refractivity contribution in [1.29, 1.82) is 0 Å². The molecule has 2 amide bonds. The Balaban J connectivity index is 1.54. The number of rotatable bonds is 5. The van der Waals surface area contributed by atoms with Crippen molar-refractivity contribution in [3.63, 3.8) is 0 Å². The number of aromatic amines is 1. The Morgan fingerprint density at radius 1 is 1.22 bits per heavy atom. The van der Waals surface area contributed by atoms with Crippen LogP contribution >= 0.6 is 0 Å². The molecule has 1 saturated heterocycles. The highest BCUT2D eigenvalue weighted by atomic mass is 19.1. The third kappa shape index (κ3) is 4.51. The molecule has 8 nitrogen and oxygen atoms in total. The zero-order valence-electron chi connectivity index (χ0n) is 18.1. The molecule has 170 valence electrons. The molecule has 0 spiro atoms. The number of para-hydroxylation sites is 1. The summed E-state index contributed by atoms with van der Waals surface area (Å²) in [4.78, 5) is 48.7. The van der Waals surface area contributed by atoms with Gasteiger partial charge in [0.1, 0.15) is 5.82 Å². The topological polar surface area (TPSA) is 95.6 Å². The second-order valence-corrected chi connectivity index (χ2v) is 8.11. The number of hydrogen-bond donors (Lipinski definition) is 1. The van der Waals surface area contributed by atoms with Gasteiger partial charge in [0.15, 0.2) is 18.2 Å². The Labute approximate surface area is 185 Å². The maximum Gasteiger partial charge on any atom is 0.261 e. The van der Waals surface area contributed by atoms with Gasteiger partial charge in [-0.3, -0.25) is 14.4 Å². The Morgan fingerprint density at radius 2 is 2.03 bits per heavy atom. The first-order valence-electron chi connectivity index (χ1n) is 11.0. The molecule has 1 aromatic carbocycles. The molecular weight excluding hydrogens is 415 g/mol. The molecule has 1 N–H and O–H groups in total. The summed E-state index contributed by atoms with van der Waals surface area (Å²) < 4.78 is 19.2. The van der Waals surface area contributed by atoms with E-state index in [9.17, 15) is 18.8 Å². The van der Waals surface area contributed by atoms with Crippen LogP contribution in [-0.2, 0) is 22.6 Å². The van der Waals surface area contributed by atoms with E-state index in [4.69, 9.17) is 4.74 Å². The summed E-state index contributed by atoms with van der Waals surface area (Å²) in [6.45, 7) is 2.82. The highest BCUT2D eigenvalue weighted by Crippen LogP contribution is 2.29. The lowest BCUT2D eigenvalue weighted by Crippen LogP contribution is -2.43. The summed E-state index contributed by atoms with van der Waals surface area (Å²) in [7, 11) is 0. The molecule has 1 fully saturated rings. The Kier molecular flexibility index (Phi) is 6.53. The van der Waals surface area contributed by atoms with E-state index in [1.807, 2.05) is 6.92 Å². The number of nitrogens with zero attached hydrogens (tertiary/aromatic N) is 3. The molecule has 9 heteroatoms. The summed E-state index contributed by atoms with van der Waals surface area (Å²) in [6, 6.07) is 5.55. The molecule has 1 atom stereocenters. The molecule has 2 aliphatic rings. The maximum atomic E-state index is 13.8. The van der Waals surface area contributed by atoms with E-state index in [-0.39, 0.29) is 29.7 Å². The minimum atomic E-state index is -0.526. The molecule has 0 radical (unpaired) electrons. The monoisotopic (exact) mass is 442 g/mol. The Bertz CT molecular complexity index is 1070. The smallest absolute Gasteiger partial charge is 0.261 e. The quantitative estimate of drug-likeness (QED) is 0.767. The largest absolute Gasteiger partial charge is 0.481 e. The van der Waals surface area contributed by atoms with Gasteiger partial charge in [0.2, 0.25) is 5.91 Å². The number of aromatic nitrogens is 2. The normalized spacial score (nSPS) is 18.2. The van der Waals surface area contributed by atoms with Crippen molar-refractivity contribution in [2.75, 3.05) is 19.7 Å². The van der Waals surface area contributed by atoms with Gasteiger partial charge in [-0.05, 0) is 37.8 Å². The van der Waals surface area contributed by atoms with Crippen molar-refractivity contribution < 1.29 is 18.7 Å². The van der Waals surface area contributed by atoms with E-state index >= 15 is 0 Å². The lowest BCUT2D eigenvalue weighted by Gasteiger charge is -2.35. The number of halogens is 1. The van der Waals surface area contributed by atoms with Crippen LogP contribution in [0.3, 0.4) is 0 Å². The van der Waals surface area contributed by atoms with Crippen LogP contribution in [0.15, 0.2) is 29.1 Å². The molecule has 0 saturated carbocycles. The number of fused-ring (bicyclic) bond motifs is 1. The number of hydrogen-bond acceptors (Lipinski definition) is 5. The van der Waals surface area contributed by atoms with Gasteiger partial charge in [0.05, 0.1) is 18.3 Å². The molecule has 1 aromatic heterocycles. The molecule has 0 bridgehead atoms. The second kappa shape index (κ2) is 9.50. The fourth-order valence-electron chi connectivity index (χ4n) is 4.35. The molecule has 0 aliphatic carbocycles. The molecule has 2 aliphatic heterocycles. The molecule has 3 heterocycles. The van der Waals surface area contributed by atoms with Gasteiger partial charge in [-0.2, -0.15) is 0 Å². The minimum Gasteiger partial charge on any atom is -0.481 e. The SMILES string of the molecule is CCC(=O)N1CCc2c(nc(C3CCCCN3C(=O)COc3ccccc3F)[nH]c2=O)C1. The first-order valence-corrected chi connectivity index (χ1v) is 11.0. The number of ether oxygens (including phenoxy) is 1. The predicted octanol–water partition coefficient (Wildman–Crippen LogP) is 2.34. The minimum absolute atomic E-state index is 0.0235. The van der Waals surface area contributed by atoms with Gasteiger partial charge in [-0.15, -0.1) is 0 Å². The number of H-pyrrole nitrogens is 1. The summed E-state index contributed by atoms with van der Waals surface area (Å²) >= 11 is 0. The van der Waals surface area contributed by atoms with Crippen molar-refractivity contribution in [3.8, 4) is 5.75 Å². The van der Waals surface area contributed by atoms with Crippen LogP contribution in [0.1, 0.15) is 55.7 Å². The number of nitrogens with one attached hydrogen (secondary N) is 1. The average molecular weight is 442 g/mol. The van der Waals surface area contributed by atoms with Crippen LogP contribution in [0.5, 0.6) is 5.75 Å². The van der Waals surface area contributed by atoms with Gasteiger partial charge < -0.3 is 19.5 Å². The van der Waals surface area contributed by atoms with Crippen LogP contribution in [0, 0.1) is 5.82 Å². The van der Waals surface area contributed by atoms with E-state index in [1.54, 1.807) is 21.9 Å². The van der Waals surface area contributed by atoms with E-state index in [0.717, 1.165) is 12.8 Å². The third-order valence-electron chi connectivity index (χ3n) is 6.07. The zero-order valence-corrected chi connectivity index (χ0v) is 18.1. The lowest BCUT2D eigenvalue weighted by atomic mass is 10.00. The highest BCUT2D eigenvalue weighted by molar-refractivity contribution is 5.78. The second-order valence-electron chi connectivity index (χ2n) is 8.11. The summed E-state index contributed by atoms with van der Waals surface area (Å²) in [5, 5.41) is 0. The van der Waals surface area contributed by atoms with E-state index in [2.05, 4.69) is 9.97 Å². The molecular formula is C23H27FN4O4. The zero-order chi connectivity index (χ0) is 22.7. The fourth-order valence-corrected chi connectivity index (χ4v) is 4.35. The van der Waals surface area contributed by atoms with Crippen LogP contribution in [0.2, 0.25) is 0 Å². The van der Waals surface area contributed by atoms with Gasteiger partial charge in [0, 0.05) is 25.1 Å². The number of benzene rings is 1. The molecule has 32 heavy (non-hydrogen) atoms. The van der Waals surface area contributed by atoms with E-state index in [1.165, 1.54) is 12.1 Å². The van der Waals surface area contributed by atoms with E-state index < -0.39 is 11.9 Å². The number of amides is 2. The fraction of sp³-hybridized carbons (Fsp3) is 0.478. The molecule has 2 aromatic rings. The number of piperidine rings is 1. The average Bonchev–Trinajstić information content (AvgIpc) is 2.82. The number of carbonyl (C=O) groups excluding carboxylic acids is 2. The maximum absolute atomic E-state index is 13.8. The van der Waals surface area contributed by atoms with Gasteiger partial charge in [-0.1, -0.05) is 19.1 Å². The molecule has 1 unspecified atom stereocenters. The molecule has 4 rings (SSSR count). The summed E-state index contributed by atoms with van der Waals surface area (Å²) in [6.07, 6.45) is 3.25. The van der Waals surface area contributed by atoms with Crippen molar-refractivity contribution in [3.05, 3.63) is 57.5 Å². The number of carbonyl (C=O) groups is 2. The van der Waals surface area contributed by atoms with Crippen LogP contribution in [-0.4, -0.2) is 51.3 Å². The Hall–Kier alpha value is -3.23. The van der Waals surface area contributed by atoms with Gasteiger partial charge >= 0.3 is 0 Å². The standard InChI is InChI=1S/C23H27FN4O4/c1-2-20(29)27-12-10-15-17(13-27)25-22(26-23(15)31)18-8-5-6-11-28(18)21(30)14-32-19-9-4-3-7-16(19)24/h3-4,7,9,18H,2,5-6,8,10-14H2,1H3,(H,25,26,31). The van der Waals surface area contributed by atoms with Gasteiger partial charge in [0.25, 0.3) is 11.5 Å². The predicted molar refractivity (Wildman–Crippen MR) is 114 cm³/mol. The summed E-state index contributed by atoms with van der Waals surface area (Å²) in [5.41, 5.74) is 0.983. The van der Waals surface area contributed by atoms with Crippen LogP contribution < -0.4 is 10.3 Å².